The van der Waals surface area contributed by atoms with Crippen molar-refractivity contribution in [1.29, 1.82) is 0 Å². The summed E-state index contributed by atoms with van der Waals surface area (Å²) in [7, 11) is 3.27. The molecule has 124 valence electrons. The summed E-state index contributed by atoms with van der Waals surface area (Å²) in [5.74, 6) is 1.41. The lowest BCUT2D eigenvalue weighted by molar-refractivity contribution is 0.406. The smallest absolute Gasteiger partial charge is 0.123 e. The highest BCUT2D eigenvalue weighted by atomic mass is 19.1. The van der Waals surface area contributed by atoms with Gasteiger partial charge in [0.15, 0.2) is 0 Å². The Kier molecular flexibility index (Phi) is 5.99. The van der Waals surface area contributed by atoms with Crippen LogP contribution < -0.4 is 15.2 Å². The Bertz CT molecular complexity index is 658. The van der Waals surface area contributed by atoms with E-state index in [1.54, 1.807) is 20.3 Å². The predicted octanol–water partition coefficient (Wildman–Crippen LogP) is 3.69. The number of aryl methyl sites for hydroxylation is 1. The lowest BCUT2D eigenvalue weighted by Gasteiger charge is -2.19. The van der Waals surface area contributed by atoms with Crippen molar-refractivity contribution in [2.45, 2.75) is 25.7 Å². The summed E-state index contributed by atoms with van der Waals surface area (Å²) in [6, 6.07) is 10.7. The van der Waals surface area contributed by atoms with Gasteiger partial charge in [-0.15, -0.1) is 0 Å². The number of ether oxygens (including phenoxy) is 2. The van der Waals surface area contributed by atoms with Crippen molar-refractivity contribution in [3.05, 3.63) is 58.9 Å². The molecule has 0 radical (unpaired) electrons. The highest BCUT2D eigenvalue weighted by molar-refractivity contribution is 5.41. The summed E-state index contributed by atoms with van der Waals surface area (Å²) in [6.07, 6.45) is 1.52. The lowest BCUT2D eigenvalue weighted by atomic mass is 9.90. The molecule has 0 saturated heterocycles. The van der Waals surface area contributed by atoms with Crippen molar-refractivity contribution in [2.24, 2.45) is 5.73 Å². The van der Waals surface area contributed by atoms with E-state index in [4.69, 9.17) is 15.2 Å². The van der Waals surface area contributed by atoms with Crippen LogP contribution in [0.5, 0.6) is 11.5 Å². The van der Waals surface area contributed by atoms with Gasteiger partial charge in [-0.2, -0.15) is 0 Å². The summed E-state index contributed by atoms with van der Waals surface area (Å²) in [5, 5.41) is 0. The third-order valence-corrected chi connectivity index (χ3v) is 4.15. The Morgan fingerprint density at radius 3 is 2.26 bits per heavy atom. The van der Waals surface area contributed by atoms with E-state index in [1.165, 1.54) is 12.1 Å². The zero-order chi connectivity index (χ0) is 16.8. The van der Waals surface area contributed by atoms with Gasteiger partial charge in [-0.25, -0.2) is 4.39 Å². The fourth-order valence-corrected chi connectivity index (χ4v) is 2.84. The van der Waals surface area contributed by atoms with Gasteiger partial charge in [-0.05, 0) is 60.3 Å². The van der Waals surface area contributed by atoms with Gasteiger partial charge >= 0.3 is 0 Å². The van der Waals surface area contributed by atoms with Crippen LogP contribution in [0.1, 0.15) is 29.5 Å². The molecule has 0 aromatic heterocycles. The van der Waals surface area contributed by atoms with E-state index >= 15 is 0 Å². The highest BCUT2D eigenvalue weighted by Gasteiger charge is 2.16. The lowest BCUT2D eigenvalue weighted by Crippen LogP contribution is -2.16. The third kappa shape index (κ3) is 4.02. The number of halogens is 1. The fourth-order valence-electron chi connectivity index (χ4n) is 2.84. The molecule has 2 rings (SSSR count). The molecule has 2 aromatic rings. The third-order valence-electron chi connectivity index (χ3n) is 4.15. The molecule has 0 aliphatic carbocycles. The van der Waals surface area contributed by atoms with Crippen molar-refractivity contribution in [3.63, 3.8) is 0 Å². The maximum absolute atomic E-state index is 13.6. The van der Waals surface area contributed by atoms with Gasteiger partial charge in [0.1, 0.15) is 17.3 Å². The first kappa shape index (κ1) is 17.3. The van der Waals surface area contributed by atoms with Crippen LogP contribution in [0.25, 0.3) is 0 Å². The molecule has 0 spiro atoms. The number of benzene rings is 2. The van der Waals surface area contributed by atoms with Crippen molar-refractivity contribution < 1.29 is 13.9 Å². The van der Waals surface area contributed by atoms with E-state index in [-0.39, 0.29) is 11.7 Å². The molecule has 2 N–H and O–H groups in total. The van der Waals surface area contributed by atoms with Gasteiger partial charge < -0.3 is 15.2 Å². The first-order valence-electron chi connectivity index (χ1n) is 7.82. The molecule has 1 unspecified atom stereocenters. The van der Waals surface area contributed by atoms with E-state index in [2.05, 4.69) is 13.0 Å². The largest absolute Gasteiger partial charge is 0.496 e. The van der Waals surface area contributed by atoms with Crippen LogP contribution in [0.3, 0.4) is 0 Å². The molecule has 2 aromatic carbocycles. The fraction of sp³-hybridized carbons (Fsp3) is 0.368. The molecule has 0 aliphatic heterocycles. The molecule has 0 fully saturated rings. The summed E-state index contributed by atoms with van der Waals surface area (Å²) in [5.41, 5.74) is 9.09. The SMILES string of the molecule is CCc1cc(C(CN)Cc2cc(F)ccc2OC)ccc1OC. The molecule has 0 bridgehead atoms. The zero-order valence-electron chi connectivity index (χ0n) is 13.9. The minimum Gasteiger partial charge on any atom is -0.496 e. The van der Waals surface area contributed by atoms with E-state index < -0.39 is 0 Å². The van der Waals surface area contributed by atoms with E-state index in [1.807, 2.05) is 12.1 Å². The average molecular weight is 317 g/mol. The molecular formula is C19H24FNO2. The van der Waals surface area contributed by atoms with Crippen LogP contribution in [0, 0.1) is 5.82 Å². The maximum atomic E-state index is 13.6. The van der Waals surface area contributed by atoms with Crippen LogP contribution in [-0.2, 0) is 12.8 Å². The van der Waals surface area contributed by atoms with Gasteiger partial charge in [0.05, 0.1) is 14.2 Å². The van der Waals surface area contributed by atoms with Gasteiger partial charge in [0, 0.05) is 5.92 Å². The van der Waals surface area contributed by atoms with E-state index in [0.29, 0.717) is 18.7 Å². The second-order valence-corrected chi connectivity index (χ2v) is 5.52. The van der Waals surface area contributed by atoms with Crippen LogP contribution >= 0.6 is 0 Å². The monoisotopic (exact) mass is 317 g/mol. The number of methoxy groups -OCH3 is 2. The quantitative estimate of drug-likeness (QED) is 0.847. The van der Waals surface area contributed by atoms with Gasteiger partial charge in [0.25, 0.3) is 0 Å². The van der Waals surface area contributed by atoms with Crippen LogP contribution in [0.4, 0.5) is 4.39 Å². The van der Waals surface area contributed by atoms with Crippen LogP contribution in [-0.4, -0.2) is 20.8 Å². The van der Waals surface area contributed by atoms with Gasteiger partial charge in [-0.3, -0.25) is 0 Å². The first-order chi connectivity index (χ1) is 11.1. The summed E-state index contributed by atoms with van der Waals surface area (Å²) < 4.78 is 24.3. The molecule has 0 amide bonds. The molecule has 0 heterocycles. The molecule has 1 atom stereocenters. The van der Waals surface area contributed by atoms with E-state index in [0.717, 1.165) is 28.9 Å². The van der Waals surface area contributed by atoms with E-state index in [9.17, 15) is 4.39 Å². The second kappa shape index (κ2) is 7.97. The number of hydrogen-bond donors (Lipinski definition) is 1. The normalized spacial score (nSPS) is 12.0. The molecule has 0 saturated carbocycles. The minimum absolute atomic E-state index is 0.0990. The second-order valence-electron chi connectivity index (χ2n) is 5.52. The molecular weight excluding hydrogens is 293 g/mol. The van der Waals surface area contributed by atoms with Crippen molar-refractivity contribution in [1.82, 2.24) is 0 Å². The van der Waals surface area contributed by atoms with Crippen molar-refractivity contribution >= 4 is 0 Å². The summed E-state index contributed by atoms with van der Waals surface area (Å²) >= 11 is 0. The zero-order valence-corrected chi connectivity index (χ0v) is 13.9. The highest BCUT2D eigenvalue weighted by Crippen LogP contribution is 2.29. The standard InChI is InChI=1S/C19H24FNO2/c1-4-13-9-14(5-7-18(13)22-2)16(12-21)10-15-11-17(20)6-8-19(15)23-3/h5-9,11,16H,4,10,12,21H2,1-3H3. The molecule has 23 heavy (non-hydrogen) atoms. The topological polar surface area (TPSA) is 44.5 Å². The Morgan fingerprint density at radius 2 is 1.65 bits per heavy atom. The first-order valence-corrected chi connectivity index (χ1v) is 7.82. The number of nitrogens with two attached hydrogens (primary N) is 1. The Balaban J connectivity index is 2.32. The van der Waals surface area contributed by atoms with Crippen LogP contribution in [0.2, 0.25) is 0 Å². The van der Waals surface area contributed by atoms with Gasteiger partial charge in [0.2, 0.25) is 0 Å². The van der Waals surface area contributed by atoms with Gasteiger partial charge in [-0.1, -0.05) is 19.1 Å². The molecule has 4 heteroatoms. The van der Waals surface area contributed by atoms with Crippen molar-refractivity contribution in [3.8, 4) is 11.5 Å². The number of rotatable bonds is 7. The Hall–Kier alpha value is -2.07. The number of hydrogen-bond acceptors (Lipinski definition) is 3. The average Bonchev–Trinajstić information content (AvgIpc) is 2.59. The summed E-state index contributed by atoms with van der Waals surface area (Å²) in [6.45, 7) is 2.57. The minimum atomic E-state index is -0.263. The Morgan fingerprint density at radius 1 is 1.00 bits per heavy atom. The van der Waals surface area contributed by atoms with Crippen LogP contribution in [0.15, 0.2) is 36.4 Å². The molecule has 3 nitrogen and oxygen atoms in total. The predicted molar refractivity (Wildman–Crippen MR) is 90.8 cm³/mol. The molecule has 0 aliphatic rings. The van der Waals surface area contributed by atoms with Crippen molar-refractivity contribution in [2.75, 3.05) is 20.8 Å². The summed E-state index contributed by atoms with van der Waals surface area (Å²) in [4.78, 5) is 0. The Labute approximate surface area is 137 Å². The maximum Gasteiger partial charge on any atom is 0.123 e.